The van der Waals surface area contributed by atoms with Crippen LogP contribution in [-0.4, -0.2) is 49.7 Å². The predicted octanol–water partition coefficient (Wildman–Crippen LogP) is 8.59. The number of benzene rings is 3. The summed E-state index contributed by atoms with van der Waals surface area (Å²) in [6.07, 6.45) is 1.60. The monoisotopic (exact) mass is 643 g/mol. The van der Waals surface area contributed by atoms with Gasteiger partial charge in [-0.25, -0.2) is 4.99 Å². The van der Waals surface area contributed by atoms with Gasteiger partial charge in [0, 0.05) is 31.1 Å². The Balaban J connectivity index is 1.49. The maximum Gasteiger partial charge on any atom is 0.416 e. The molecule has 0 spiro atoms. The van der Waals surface area contributed by atoms with E-state index in [1.54, 1.807) is 0 Å². The fourth-order valence-electron chi connectivity index (χ4n) is 5.15. The molecule has 3 aromatic carbocycles. The lowest BCUT2D eigenvalue weighted by molar-refractivity contribution is -0.137. The van der Waals surface area contributed by atoms with Gasteiger partial charge in [0.1, 0.15) is 0 Å². The Kier molecular flexibility index (Phi) is 12.4. The van der Waals surface area contributed by atoms with Gasteiger partial charge < -0.3 is 4.84 Å². The van der Waals surface area contributed by atoms with Crippen LogP contribution in [0.5, 0.6) is 0 Å². The van der Waals surface area contributed by atoms with Crippen LogP contribution in [0, 0.1) is 11.3 Å². The number of hydrogen-bond donors (Lipinski definition) is 0. The standard InChI is InChI=1S/C38H44F3N5O/c1-6-37(2,3)23-29-9-7-28(8-10-29)21-22-46(27-45-36(47-43-5)33-17-19-34(20-18-33)38(39,40)41)26-31-13-11-30(12-14-31)24-44-35(25-42-4)32-15-16-32/h6-14,17-20,32H,1,4-5,15-16,21-27H2,2-3H3/b44-35?,45-36-. The van der Waals surface area contributed by atoms with E-state index in [0.29, 0.717) is 37.7 Å². The molecule has 1 aliphatic carbocycles. The molecule has 47 heavy (non-hydrogen) atoms. The summed E-state index contributed by atoms with van der Waals surface area (Å²) < 4.78 is 39.4. The first-order valence-electron chi connectivity index (χ1n) is 15.8. The number of aliphatic imine (C=N–C) groups is 3. The predicted molar refractivity (Wildman–Crippen MR) is 186 cm³/mol. The Morgan fingerprint density at radius 3 is 2.06 bits per heavy atom. The zero-order chi connectivity index (χ0) is 33.9. The maximum absolute atomic E-state index is 13.1. The third-order valence-electron chi connectivity index (χ3n) is 8.19. The molecule has 6 nitrogen and oxygen atoms in total. The third kappa shape index (κ3) is 11.4. The first-order chi connectivity index (χ1) is 22.5. The Hall–Kier alpha value is -4.37. The molecule has 1 aliphatic rings. The summed E-state index contributed by atoms with van der Waals surface area (Å²) in [7, 11) is 0. The van der Waals surface area contributed by atoms with Crippen LogP contribution < -0.4 is 0 Å². The van der Waals surface area contributed by atoms with Crippen LogP contribution in [0.1, 0.15) is 60.1 Å². The van der Waals surface area contributed by atoms with Gasteiger partial charge in [-0.3, -0.25) is 14.9 Å². The molecule has 0 unspecified atom stereocenters. The van der Waals surface area contributed by atoms with Gasteiger partial charge in [-0.2, -0.15) is 13.2 Å². The summed E-state index contributed by atoms with van der Waals surface area (Å²) in [5, 5.41) is 3.50. The molecule has 4 rings (SSSR count). The largest absolute Gasteiger partial charge is 0.416 e. The molecule has 0 amide bonds. The van der Waals surface area contributed by atoms with Crippen molar-refractivity contribution in [2.75, 3.05) is 19.8 Å². The molecule has 0 aliphatic heterocycles. The number of hydrogen-bond acceptors (Lipinski definition) is 6. The Morgan fingerprint density at radius 2 is 1.49 bits per heavy atom. The van der Waals surface area contributed by atoms with Crippen molar-refractivity contribution >= 4 is 25.0 Å². The summed E-state index contributed by atoms with van der Waals surface area (Å²) >= 11 is 0. The van der Waals surface area contributed by atoms with E-state index in [4.69, 9.17) is 9.83 Å². The minimum Gasteiger partial charge on any atom is -0.337 e. The first-order valence-corrected chi connectivity index (χ1v) is 15.8. The molecule has 3 aromatic rings. The van der Waals surface area contributed by atoms with E-state index in [9.17, 15) is 13.2 Å². The number of rotatable bonds is 17. The molecule has 1 saturated carbocycles. The highest BCUT2D eigenvalue weighted by Crippen LogP contribution is 2.31. The van der Waals surface area contributed by atoms with Gasteiger partial charge >= 0.3 is 6.18 Å². The summed E-state index contributed by atoms with van der Waals surface area (Å²) in [5.74, 6) is 0.651. The molecule has 0 radical (unpaired) electrons. The van der Waals surface area contributed by atoms with E-state index >= 15 is 0 Å². The van der Waals surface area contributed by atoms with Crippen molar-refractivity contribution in [3.05, 3.63) is 119 Å². The summed E-state index contributed by atoms with van der Waals surface area (Å²) in [6, 6.07) is 21.7. The quantitative estimate of drug-likeness (QED) is 0.0640. The number of oxime groups is 1. The highest BCUT2D eigenvalue weighted by atomic mass is 19.4. The molecule has 0 atom stereocenters. The van der Waals surface area contributed by atoms with Gasteiger partial charge in [-0.15, -0.1) is 6.58 Å². The Labute approximate surface area is 276 Å². The van der Waals surface area contributed by atoms with Gasteiger partial charge in [-0.1, -0.05) is 73.6 Å². The number of halogens is 3. The molecule has 0 heterocycles. The van der Waals surface area contributed by atoms with Gasteiger partial charge in [0.15, 0.2) is 0 Å². The van der Waals surface area contributed by atoms with Crippen LogP contribution >= 0.6 is 0 Å². The van der Waals surface area contributed by atoms with Crippen molar-refractivity contribution in [3.63, 3.8) is 0 Å². The van der Waals surface area contributed by atoms with Gasteiger partial charge in [0.2, 0.25) is 0 Å². The van der Waals surface area contributed by atoms with Crippen molar-refractivity contribution in [2.45, 2.75) is 58.8 Å². The van der Waals surface area contributed by atoms with E-state index in [0.717, 1.165) is 41.8 Å². The van der Waals surface area contributed by atoms with Crippen LogP contribution in [0.3, 0.4) is 0 Å². The zero-order valence-corrected chi connectivity index (χ0v) is 27.3. The SMILES string of the molecule is C=CC(C)(C)Cc1ccc(CCN(C/N=C(\ON=C)c2ccc(C(F)(F)F)cc2)Cc2ccc(CN=C(CN=C)C3CC3)cc2)cc1. The lowest BCUT2D eigenvalue weighted by Gasteiger charge is -2.22. The lowest BCUT2D eigenvalue weighted by atomic mass is 9.86. The minimum absolute atomic E-state index is 0.0215. The highest BCUT2D eigenvalue weighted by Gasteiger charge is 2.30. The van der Waals surface area contributed by atoms with Crippen LogP contribution in [0.4, 0.5) is 13.2 Å². The van der Waals surface area contributed by atoms with Crippen LogP contribution in [0.25, 0.3) is 0 Å². The smallest absolute Gasteiger partial charge is 0.337 e. The van der Waals surface area contributed by atoms with E-state index in [-0.39, 0.29) is 18.0 Å². The molecular formula is C38H44F3N5O. The average Bonchev–Trinajstić information content (AvgIpc) is 3.90. The molecule has 0 N–H and O–H groups in total. The normalized spacial score (nSPS) is 14.3. The van der Waals surface area contributed by atoms with Crippen molar-refractivity contribution < 1.29 is 18.0 Å². The van der Waals surface area contributed by atoms with Gasteiger partial charge in [-0.05, 0) is 90.3 Å². The Morgan fingerprint density at radius 1 is 0.872 bits per heavy atom. The van der Waals surface area contributed by atoms with Gasteiger partial charge in [0.05, 0.1) is 25.3 Å². The van der Waals surface area contributed by atoms with Crippen LogP contribution in [0.15, 0.2) is 106 Å². The summed E-state index contributed by atoms with van der Waals surface area (Å²) in [5.41, 5.74) is 5.45. The summed E-state index contributed by atoms with van der Waals surface area (Å²) in [4.78, 5) is 20.9. The molecule has 1 fully saturated rings. The molecular weight excluding hydrogens is 599 g/mol. The van der Waals surface area contributed by atoms with Crippen LogP contribution in [0.2, 0.25) is 0 Å². The molecule has 0 aromatic heterocycles. The fraction of sp³-hybridized carbons (Fsp3) is 0.368. The van der Waals surface area contributed by atoms with E-state index < -0.39 is 11.7 Å². The van der Waals surface area contributed by atoms with E-state index in [2.05, 4.69) is 102 Å². The second-order valence-electron chi connectivity index (χ2n) is 12.7. The summed E-state index contributed by atoms with van der Waals surface area (Å²) in [6.45, 7) is 18.0. The maximum atomic E-state index is 13.1. The first kappa shape index (κ1) is 35.5. The molecule has 9 heteroatoms. The van der Waals surface area contributed by atoms with E-state index in [1.165, 1.54) is 36.1 Å². The average molecular weight is 644 g/mol. The molecule has 248 valence electrons. The topological polar surface area (TPSA) is 61.9 Å². The highest BCUT2D eigenvalue weighted by molar-refractivity contribution is 5.94. The molecule has 0 saturated heterocycles. The number of nitrogens with zero attached hydrogens (tertiary/aromatic N) is 5. The lowest BCUT2D eigenvalue weighted by Crippen LogP contribution is -2.27. The van der Waals surface area contributed by atoms with Crippen LogP contribution in [-0.2, 0) is 36.9 Å². The fourth-order valence-corrected chi connectivity index (χ4v) is 5.15. The van der Waals surface area contributed by atoms with E-state index in [1.807, 2.05) is 6.08 Å². The van der Waals surface area contributed by atoms with Gasteiger partial charge in [0.25, 0.3) is 5.90 Å². The second kappa shape index (κ2) is 16.5. The number of alkyl halides is 3. The van der Waals surface area contributed by atoms with Crippen molar-refractivity contribution in [1.29, 1.82) is 0 Å². The number of allylic oxidation sites excluding steroid dienone is 1. The second-order valence-corrected chi connectivity index (χ2v) is 12.7. The van der Waals surface area contributed by atoms with Crippen molar-refractivity contribution in [3.8, 4) is 0 Å². The third-order valence-corrected chi connectivity index (χ3v) is 8.19. The van der Waals surface area contributed by atoms with Crippen molar-refractivity contribution in [1.82, 2.24) is 4.90 Å². The Bertz CT molecular complexity index is 1540. The minimum atomic E-state index is -4.44. The van der Waals surface area contributed by atoms with Crippen molar-refractivity contribution in [2.24, 2.45) is 31.5 Å². The zero-order valence-electron chi connectivity index (χ0n) is 27.3. The molecule has 0 bridgehead atoms.